The van der Waals surface area contributed by atoms with Crippen LogP contribution in [0.2, 0.25) is 0 Å². The minimum absolute atomic E-state index is 0.141. The normalized spacial score (nSPS) is 10.4. The zero-order valence-corrected chi connectivity index (χ0v) is 11.0. The smallest absolute Gasteiger partial charge is 0.248 e. The molecule has 5 nitrogen and oxygen atoms in total. The SMILES string of the molecule is CC(C)=CC(=O)Nc1cnc2c(c1)c(C)nn2C. The molecule has 1 N–H and O–H groups in total. The third-order valence-corrected chi connectivity index (χ3v) is 2.55. The molecule has 0 bridgehead atoms. The van der Waals surface area contributed by atoms with Gasteiger partial charge in [0.15, 0.2) is 5.65 Å². The summed E-state index contributed by atoms with van der Waals surface area (Å²) in [5.41, 5.74) is 3.35. The highest BCUT2D eigenvalue weighted by Gasteiger charge is 2.07. The molecule has 2 aromatic heterocycles. The van der Waals surface area contributed by atoms with Crippen LogP contribution in [0, 0.1) is 6.92 Å². The standard InChI is InChI=1S/C13H16N4O/c1-8(2)5-12(18)15-10-6-11-9(3)16-17(4)13(11)14-7-10/h5-7H,1-4H3,(H,15,18). The molecular weight excluding hydrogens is 228 g/mol. The lowest BCUT2D eigenvalue weighted by Crippen LogP contribution is -2.08. The molecule has 0 unspecified atom stereocenters. The first-order valence-corrected chi connectivity index (χ1v) is 5.72. The molecular formula is C13H16N4O. The number of allylic oxidation sites excluding steroid dienone is 1. The van der Waals surface area contributed by atoms with Gasteiger partial charge in [0.1, 0.15) is 0 Å². The number of rotatable bonds is 2. The first-order valence-electron chi connectivity index (χ1n) is 5.72. The Balaban J connectivity index is 2.33. The van der Waals surface area contributed by atoms with Crippen LogP contribution in [-0.4, -0.2) is 20.7 Å². The third-order valence-electron chi connectivity index (χ3n) is 2.55. The fraction of sp³-hybridized carbons (Fsp3) is 0.308. The molecule has 0 aliphatic rings. The van der Waals surface area contributed by atoms with Gasteiger partial charge >= 0.3 is 0 Å². The molecule has 1 amide bonds. The number of anilines is 1. The van der Waals surface area contributed by atoms with Gasteiger partial charge in [-0.3, -0.25) is 9.48 Å². The van der Waals surface area contributed by atoms with E-state index in [0.717, 1.165) is 22.3 Å². The largest absolute Gasteiger partial charge is 0.321 e. The maximum atomic E-state index is 11.6. The second-order valence-corrected chi connectivity index (χ2v) is 4.52. The van der Waals surface area contributed by atoms with Gasteiger partial charge in [0.25, 0.3) is 0 Å². The highest BCUT2D eigenvalue weighted by molar-refractivity contribution is 6.00. The predicted molar refractivity (Wildman–Crippen MR) is 71.3 cm³/mol. The van der Waals surface area contributed by atoms with Crippen molar-refractivity contribution in [2.24, 2.45) is 7.05 Å². The number of pyridine rings is 1. The number of nitrogens with one attached hydrogen (secondary N) is 1. The van der Waals surface area contributed by atoms with E-state index in [2.05, 4.69) is 15.4 Å². The third kappa shape index (κ3) is 2.40. The summed E-state index contributed by atoms with van der Waals surface area (Å²) >= 11 is 0. The van der Waals surface area contributed by atoms with Crippen molar-refractivity contribution in [2.45, 2.75) is 20.8 Å². The molecule has 2 heterocycles. The van der Waals surface area contributed by atoms with E-state index in [0.29, 0.717) is 5.69 Å². The van der Waals surface area contributed by atoms with Gasteiger partial charge in [0.2, 0.25) is 5.91 Å². The fourth-order valence-corrected chi connectivity index (χ4v) is 1.82. The van der Waals surface area contributed by atoms with Crippen LogP contribution in [0.1, 0.15) is 19.5 Å². The first kappa shape index (κ1) is 12.3. The molecule has 0 aliphatic heterocycles. The van der Waals surface area contributed by atoms with Crippen LogP contribution in [0.25, 0.3) is 11.0 Å². The molecule has 0 spiro atoms. The number of nitrogens with zero attached hydrogens (tertiary/aromatic N) is 3. The number of hydrogen-bond acceptors (Lipinski definition) is 3. The van der Waals surface area contributed by atoms with Crippen LogP contribution in [0.15, 0.2) is 23.9 Å². The Bertz CT molecular complexity index is 636. The topological polar surface area (TPSA) is 59.8 Å². The van der Waals surface area contributed by atoms with Gasteiger partial charge in [0.05, 0.1) is 17.6 Å². The van der Waals surface area contributed by atoms with Crippen molar-refractivity contribution in [1.29, 1.82) is 0 Å². The highest BCUT2D eigenvalue weighted by Crippen LogP contribution is 2.19. The van der Waals surface area contributed by atoms with E-state index in [9.17, 15) is 4.79 Å². The lowest BCUT2D eigenvalue weighted by atomic mass is 10.2. The summed E-state index contributed by atoms with van der Waals surface area (Å²) < 4.78 is 1.73. The molecule has 0 saturated heterocycles. The molecule has 0 aliphatic carbocycles. The minimum atomic E-state index is -0.141. The summed E-state index contributed by atoms with van der Waals surface area (Å²) in [7, 11) is 1.85. The predicted octanol–water partition coefficient (Wildman–Crippen LogP) is 2.18. The van der Waals surface area contributed by atoms with Crippen molar-refractivity contribution in [2.75, 3.05) is 5.32 Å². The Morgan fingerprint density at radius 3 is 2.83 bits per heavy atom. The summed E-state index contributed by atoms with van der Waals surface area (Å²) in [5.74, 6) is -0.141. The van der Waals surface area contributed by atoms with E-state index in [1.165, 1.54) is 0 Å². The first-order chi connectivity index (χ1) is 8.47. The Hall–Kier alpha value is -2.17. The van der Waals surface area contributed by atoms with E-state index in [1.807, 2.05) is 33.9 Å². The molecule has 0 fully saturated rings. The zero-order valence-electron chi connectivity index (χ0n) is 11.0. The quantitative estimate of drug-likeness (QED) is 0.824. The van der Waals surface area contributed by atoms with Gasteiger partial charge in [0, 0.05) is 18.5 Å². The van der Waals surface area contributed by atoms with Crippen molar-refractivity contribution in [3.05, 3.63) is 29.6 Å². The molecule has 2 aromatic rings. The van der Waals surface area contributed by atoms with E-state index < -0.39 is 0 Å². The summed E-state index contributed by atoms with van der Waals surface area (Å²) in [5, 5.41) is 8.03. The van der Waals surface area contributed by atoms with Gasteiger partial charge in [-0.1, -0.05) is 5.57 Å². The molecule has 0 radical (unpaired) electrons. The van der Waals surface area contributed by atoms with Gasteiger partial charge in [-0.2, -0.15) is 5.10 Å². The molecule has 5 heteroatoms. The van der Waals surface area contributed by atoms with Gasteiger partial charge < -0.3 is 5.32 Å². The number of carbonyl (C=O) groups excluding carboxylic acids is 1. The molecule has 94 valence electrons. The maximum Gasteiger partial charge on any atom is 0.248 e. The summed E-state index contributed by atoms with van der Waals surface area (Å²) in [6, 6.07) is 1.89. The second-order valence-electron chi connectivity index (χ2n) is 4.52. The lowest BCUT2D eigenvalue weighted by molar-refractivity contribution is -0.111. The average Bonchev–Trinajstić information content (AvgIpc) is 2.53. The number of aromatic nitrogens is 3. The number of carbonyl (C=O) groups is 1. The second kappa shape index (κ2) is 4.60. The summed E-state index contributed by atoms with van der Waals surface area (Å²) in [4.78, 5) is 15.9. The zero-order chi connectivity index (χ0) is 13.3. The molecule has 0 aromatic carbocycles. The van der Waals surface area contributed by atoms with Crippen LogP contribution in [0.5, 0.6) is 0 Å². The van der Waals surface area contributed by atoms with E-state index >= 15 is 0 Å². The minimum Gasteiger partial charge on any atom is -0.321 e. The van der Waals surface area contributed by atoms with Crippen molar-refractivity contribution in [3.63, 3.8) is 0 Å². The average molecular weight is 244 g/mol. The van der Waals surface area contributed by atoms with Crippen molar-refractivity contribution < 1.29 is 4.79 Å². The number of aryl methyl sites for hydroxylation is 2. The van der Waals surface area contributed by atoms with E-state index in [1.54, 1.807) is 17.0 Å². The van der Waals surface area contributed by atoms with Crippen molar-refractivity contribution >= 4 is 22.6 Å². The number of amides is 1. The van der Waals surface area contributed by atoms with E-state index in [-0.39, 0.29) is 5.91 Å². The molecule has 2 rings (SSSR count). The van der Waals surface area contributed by atoms with Gasteiger partial charge in [-0.25, -0.2) is 4.98 Å². The van der Waals surface area contributed by atoms with Crippen LogP contribution >= 0.6 is 0 Å². The van der Waals surface area contributed by atoms with Crippen LogP contribution < -0.4 is 5.32 Å². The lowest BCUT2D eigenvalue weighted by Gasteiger charge is -2.02. The Kier molecular flexibility index (Phi) is 3.14. The Morgan fingerprint density at radius 1 is 1.44 bits per heavy atom. The monoisotopic (exact) mass is 244 g/mol. The van der Waals surface area contributed by atoms with Crippen LogP contribution in [0.4, 0.5) is 5.69 Å². The summed E-state index contributed by atoms with van der Waals surface area (Å²) in [6.07, 6.45) is 3.19. The number of fused-ring (bicyclic) bond motifs is 1. The number of hydrogen-bond donors (Lipinski definition) is 1. The molecule has 0 saturated carbocycles. The maximum absolute atomic E-state index is 11.6. The van der Waals surface area contributed by atoms with Crippen molar-refractivity contribution in [3.8, 4) is 0 Å². The Morgan fingerprint density at radius 2 is 2.17 bits per heavy atom. The van der Waals surface area contributed by atoms with Gasteiger partial charge in [-0.15, -0.1) is 0 Å². The molecule has 0 atom stereocenters. The Labute approximate surface area is 106 Å². The summed E-state index contributed by atoms with van der Waals surface area (Å²) in [6.45, 7) is 5.68. The molecule has 18 heavy (non-hydrogen) atoms. The van der Waals surface area contributed by atoms with Gasteiger partial charge in [-0.05, 0) is 26.8 Å². The fourth-order valence-electron chi connectivity index (χ4n) is 1.82. The van der Waals surface area contributed by atoms with Crippen molar-refractivity contribution in [1.82, 2.24) is 14.8 Å². The van der Waals surface area contributed by atoms with E-state index in [4.69, 9.17) is 0 Å². The van der Waals surface area contributed by atoms with Crippen LogP contribution in [0.3, 0.4) is 0 Å². The van der Waals surface area contributed by atoms with Crippen LogP contribution in [-0.2, 0) is 11.8 Å². The highest BCUT2D eigenvalue weighted by atomic mass is 16.1.